The molecule has 2 N–H and O–H groups in total. The van der Waals surface area contributed by atoms with Crippen molar-refractivity contribution in [2.24, 2.45) is 0 Å². The summed E-state index contributed by atoms with van der Waals surface area (Å²) in [5, 5.41) is 19.1. The Hall–Kier alpha value is -1.39. The zero-order chi connectivity index (χ0) is 12.0. The highest BCUT2D eigenvalue weighted by atomic mass is 16.5. The Balaban J connectivity index is 2.39. The largest absolute Gasteiger partial charge is 0.463 e. The first-order valence-electron chi connectivity index (χ1n) is 5.13. The molecule has 4 heteroatoms. The van der Waals surface area contributed by atoms with Gasteiger partial charge < -0.3 is 14.9 Å². The number of rotatable bonds is 5. The number of carbonyl (C=O) groups is 1. The maximum Gasteiger partial charge on any atom is 0.302 e. The average molecular weight is 224 g/mol. The standard InChI is InChI=1S/C12H16O4/c1-9(13)16-8-12(15)11(14)7-10-5-3-2-4-6-10/h2-6,11-12,14-15H,7-8H2,1H3/t11-,12-/m1/s1. The van der Waals surface area contributed by atoms with E-state index in [0.717, 1.165) is 5.56 Å². The summed E-state index contributed by atoms with van der Waals surface area (Å²) >= 11 is 0. The molecule has 0 spiro atoms. The molecule has 0 unspecified atom stereocenters. The van der Waals surface area contributed by atoms with Crippen molar-refractivity contribution in [1.29, 1.82) is 0 Å². The van der Waals surface area contributed by atoms with Crippen LogP contribution in [0.15, 0.2) is 30.3 Å². The van der Waals surface area contributed by atoms with E-state index in [9.17, 15) is 15.0 Å². The lowest BCUT2D eigenvalue weighted by Gasteiger charge is -2.17. The fraction of sp³-hybridized carbons (Fsp3) is 0.417. The first-order chi connectivity index (χ1) is 7.59. The summed E-state index contributed by atoms with van der Waals surface area (Å²) in [5.41, 5.74) is 0.928. The van der Waals surface area contributed by atoms with Crippen LogP contribution < -0.4 is 0 Å². The van der Waals surface area contributed by atoms with Crippen molar-refractivity contribution in [2.45, 2.75) is 25.6 Å². The Bertz CT molecular complexity index is 323. The molecular weight excluding hydrogens is 208 g/mol. The molecular formula is C12H16O4. The fourth-order valence-electron chi connectivity index (χ4n) is 1.31. The third-order valence-corrected chi connectivity index (χ3v) is 2.19. The zero-order valence-electron chi connectivity index (χ0n) is 9.17. The maximum atomic E-state index is 10.5. The van der Waals surface area contributed by atoms with Crippen LogP contribution in [0.1, 0.15) is 12.5 Å². The molecule has 0 radical (unpaired) electrons. The molecule has 4 nitrogen and oxygen atoms in total. The van der Waals surface area contributed by atoms with Gasteiger partial charge in [-0.25, -0.2) is 0 Å². The predicted octanol–water partition coefficient (Wildman–Crippen LogP) is 0.514. The minimum atomic E-state index is -1.05. The molecule has 0 bridgehead atoms. The SMILES string of the molecule is CC(=O)OC[C@@H](O)[C@H](O)Cc1ccccc1. The number of benzene rings is 1. The Morgan fingerprint density at radius 2 is 1.88 bits per heavy atom. The van der Waals surface area contributed by atoms with Gasteiger partial charge in [-0.1, -0.05) is 30.3 Å². The van der Waals surface area contributed by atoms with E-state index in [1.165, 1.54) is 6.92 Å². The van der Waals surface area contributed by atoms with Crippen LogP contribution in [-0.4, -0.2) is 35.0 Å². The van der Waals surface area contributed by atoms with E-state index >= 15 is 0 Å². The number of carbonyl (C=O) groups excluding carboxylic acids is 1. The summed E-state index contributed by atoms with van der Waals surface area (Å²) in [4.78, 5) is 10.5. The normalized spacial score (nSPS) is 14.2. The minimum absolute atomic E-state index is 0.177. The van der Waals surface area contributed by atoms with Gasteiger partial charge in [-0.05, 0) is 5.56 Å². The van der Waals surface area contributed by atoms with Gasteiger partial charge in [0.05, 0.1) is 6.10 Å². The second-order valence-corrected chi connectivity index (χ2v) is 3.63. The van der Waals surface area contributed by atoms with Gasteiger partial charge in [0.25, 0.3) is 0 Å². The first kappa shape index (κ1) is 12.7. The zero-order valence-corrected chi connectivity index (χ0v) is 9.17. The molecule has 0 aliphatic rings. The number of ether oxygens (including phenoxy) is 1. The van der Waals surface area contributed by atoms with Crippen LogP contribution in [0, 0.1) is 0 Å². The molecule has 0 amide bonds. The summed E-state index contributed by atoms with van der Waals surface area (Å²) < 4.78 is 4.61. The van der Waals surface area contributed by atoms with Gasteiger partial charge in [-0.15, -0.1) is 0 Å². The maximum absolute atomic E-state index is 10.5. The Kier molecular flexibility index (Phi) is 4.95. The van der Waals surface area contributed by atoms with Crippen molar-refractivity contribution in [2.75, 3.05) is 6.61 Å². The molecule has 1 rings (SSSR count). The highest BCUT2D eigenvalue weighted by Crippen LogP contribution is 2.06. The van der Waals surface area contributed by atoms with E-state index in [0.29, 0.717) is 6.42 Å². The van der Waals surface area contributed by atoms with E-state index in [1.54, 1.807) is 0 Å². The van der Waals surface area contributed by atoms with Crippen molar-refractivity contribution in [3.05, 3.63) is 35.9 Å². The minimum Gasteiger partial charge on any atom is -0.463 e. The van der Waals surface area contributed by atoms with Crippen LogP contribution in [0.25, 0.3) is 0 Å². The van der Waals surface area contributed by atoms with E-state index < -0.39 is 18.2 Å². The number of esters is 1. The van der Waals surface area contributed by atoms with Crippen molar-refractivity contribution in [1.82, 2.24) is 0 Å². The Morgan fingerprint density at radius 3 is 2.44 bits per heavy atom. The fourth-order valence-corrected chi connectivity index (χ4v) is 1.31. The highest BCUT2D eigenvalue weighted by Gasteiger charge is 2.17. The van der Waals surface area contributed by atoms with Crippen LogP contribution in [0.4, 0.5) is 0 Å². The molecule has 2 atom stereocenters. The van der Waals surface area contributed by atoms with Gasteiger partial charge in [0.1, 0.15) is 12.7 Å². The van der Waals surface area contributed by atoms with Crippen molar-refractivity contribution >= 4 is 5.97 Å². The van der Waals surface area contributed by atoms with Gasteiger partial charge in [-0.2, -0.15) is 0 Å². The molecule has 0 aromatic heterocycles. The first-order valence-corrected chi connectivity index (χ1v) is 5.13. The topological polar surface area (TPSA) is 66.8 Å². The summed E-state index contributed by atoms with van der Waals surface area (Å²) in [6.45, 7) is 1.08. The lowest BCUT2D eigenvalue weighted by molar-refractivity contribution is -0.146. The number of aliphatic hydroxyl groups excluding tert-OH is 2. The third kappa shape index (κ3) is 4.42. The predicted molar refractivity (Wildman–Crippen MR) is 58.8 cm³/mol. The second kappa shape index (κ2) is 6.25. The summed E-state index contributed by atoms with van der Waals surface area (Å²) in [6, 6.07) is 9.33. The van der Waals surface area contributed by atoms with Crippen LogP contribution in [0.3, 0.4) is 0 Å². The molecule has 16 heavy (non-hydrogen) atoms. The second-order valence-electron chi connectivity index (χ2n) is 3.63. The van der Waals surface area contributed by atoms with E-state index in [4.69, 9.17) is 0 Å². The third-order valence-electron chi connectivity index (χ3n) is 2.19. The van der Waals surface area contributed by atoms with Gasteiger partial charge in [0.15, 0.2) is 0 Å². The quantitative estimate of drug-likeness (QED) is 0.715. The van der Waals surface area contributed by atoms with E-state index in [1.807, 2.05) is 30.3 Å². The number of hydrogen-bond acceptors (Lipinski definition) is 4. The molecule has 0 saturated carbocycles. The van der Waals surface area contributed by atoms with Crippen molar-refractivity contribution < 1.29 is 19.7 Å². The molecule has 0 heterocycles. The summed E-state index contributed by atoms with van der Waals surface area (Å²) in [7, 11) is 0. The smallest absolute Gasteiger partial charge is 0.302 e. The van der Waals surface area contributed by atoms with Crippen LogP contribution in [0.2, 0.25) is 0 Å². The molecule has 0 saturated heterocycles. The van der Waals surface area contributed by atoms with Gasteiger partial charge in [-0.3, -0.25) is 4.79 Å². The van der Waals surface area contributed by atoms with Gasteiger partial charge >= 0.3 is 5.97 Å². The number of hydrogen-bond donors (Lipinski definition) is 2. The van der Waals surface area contributed by atoms with Crippen LogP contribution >= 0.6 is 0 Å². The Morgan fingerprint density at radius 1 is 1.25 bits per heavy atom. The number of aliphatic hydroxyl groups is 2. The van der Waals surface area contributed by atoms with Crippen LogP contribution in [-0.2, 0) is 16.0 Å². The molecule has 0 aliphatic heterocycles. The van der Waals surface area contributed by atoms with Gasteiger partial charge in [0.2, 0.25) is 0 Å². The van der Waals surface area contributed by atoms with E-state index in [-0.39, 0.29) is 6.61 Å². The molecule has 1 aromatic rings. The molecule has 88 valence electrons. The lowest BCUT2D eigenvalue weighted by Crippen LogP contribution is -2.32. The highest BCUT2D eigenvalue weighted by molar-refractivity contribution is 5.65. The monoisotopic (exact) mass is 224 g/mol. The van der Waals surface area contributed by atoms with Crippen molar-refractivity contribution in [3.8, 4) is 0 Å². The lowest BCUT2D eigenvalue weighted by atomic mass is 10.0. The van der Waals surface area contributed by atoms with Gasteiger partial charge in [0, 0.05) is 13.3 Å². The van der Waals surface area contributed by atoms with Crippen molar-refractivity contribution in [3.63, 3.8) is 0 Å². The summed E-state index contributed by atoms with van der Waals surface area (Å²) in [5.74, 6) is -0.467. The molecule has 0 aliphatic carbocycles. The average Bonchev–Trinajstić information content (AvgIpc) is 2.27. The molecule has 0 fully saturated rings. The Labute approximate surface area is 94.5 Å². The van der Waals surface area contributed by atoms with E-state index in [2.05, 4.69) is 4.74 Å². The summed E-state index contributed by atoms with van der Waals surface area (Å²) in [6.07, 6.45) is -1.64. The van der Waals surface area contributed by atoms with Crippen LogP contribution in [0.5, 0.6) is 0 Å². The molecule has 1 aromatic carbocycles.